The van der Waals surface area contributed by atoms with Gasteiger partial charge in [-0.05, 0) is 42.7 Å². The molecule has 0 aliphatic rings. The fourth-order valence-corrected chi connectivity index (χ4v) is 2.77. The Morgan fingerprint density at radius 2 is 1.37 bits per heavy atom. The maximum absolute atomic E-state index is 5.82. The molecule has 0 fully saturated rings. The fourth-order valence-electron chi connectivity index (χ4n) is 1.12. The Morgan fingerprint density at radius 3 is 1.79 bits per heavy atom. The van der Waals surface area contributed by atoms with Crippen molar-refractivity contribution in [3.8, 4) is 0 Å². The largest absolute Gasteiger partial charge is 0.142 e. The number of hydrogen-bond donors (Lipinski definition) is 1. The van der Waals surface area contributed by atoms with Gasteiger partial charge >= 0.3 is 0 Å². The van der Waals surface area contributed by atoms with Crippen LogP contribution in [0.25, 0.3) is 0 Å². The van der Waals surface area contributed by atoms with Crippen molar-refractivity contribution in [2.75, 3.05) is 6.26 Å². The van der Waals surface area contributed by atoms with Gasteiger partial charge in [0.25, 0.3) is 0 Å². The Balaban J connectivity index is 0.000000191. The van der Waals surface area contributed by atoms with Gasteiger partial charge in [-0.25, -0.2) is 0 Å². The predicted molar refractivity (Wildman–Crippen MR) is 92.0 cm³/mol. The molecule has 0 nitrogen and oxygen atoms in total. The average Bonchev–Trinajstić information content (AvgIpc) is 2.35. The minimum atomic E-state index is 0.589. The third kappa shape index (κ3) is 6.07. The normalized spacial score (nSPS) is 9.79. The Morgan fingerprint density at radius 1 is 0.842 bits per heavy atom. The van der Waals surface area contributed by atoms with Gasteiger partial charge < -0.3 is 0 Å². The molecule has 0 N–H and O–H groups in total. The summed E-state index contributed by atoms with van der Waals surface area (Å²) in [5.41, 5.74) is 0. The van der Waals surface area contributed by atoms with Crippen LogP contribution < -0.4 is 0 Å². The van der Waals surface area contributed by atoms with Crippen molar-refractivity contribution in [3.05, 3.63) is 56.5 Å². The van der Waals surface area contributed by atoms with E-state index in [0.29, 0.717) is 15.1 Å². The van der Waals surface area contributed by atoms with Crippen LogP contribution in [0, 0.1) is 0 Å². The highest BCUT2D eigenvalue weighted by Gasteiger charge is 1.97. The van der Waals surface area contributed by atoms with Crippen LogP contribution in [0.5, 0.6) is 0 Å². The van der Waals surface area contributed by atoms with E-state index < -0.39 is 0 Å². The molecule has 6 heteroatoms. The summed E-state index contributed by atoms with van der Waals surface area (Å²) in [7, 11) is 0. The molecular formula is C13H10Cl4S2. The molecule has 102 valence electrons. The first kappa shape index (κ1) is 17.4. The van der Waals surface area contributed by atoms with Gasteiger partial charge in [-0.2, -0.15) is 0 Å². The lowest BCUT2D eigenvalue weighted by Gasteiger charge is -1.98. The van der Waals surface area contributed by atoms with E-state index in [9.17, 15) is 0 Å². The number of thiol groups is 1. The van der Waals surface area contributed by atoms with Crippen LogP contribution in [0.2, 0.25) is 20.1 Å². The number of hydrogen-bond acceptors (Lipinski definition) is 2. The third-order valence-electron chi connectivity index (χ3n) is 2.02. The van der Waals surface area contributed by atoms with Crippen LogP contribution in [0.1, 0.15) is 0 Å². The molecule has 0 spiro atoms. The molecular weight excluding hydrogens is 362 g/mol. The van der Waals surface area contributed by atoms with Crippen LogP contribution in [-0.2, 0) is 0 Å². The molecule has 0 atom stereocenters. The minimum Gasteiger partial charge on any atom is -0.142 e. The standard InChI is InChI=1S/C7H6Cl2S.C6H4Cl2S/c1-10-7-3-2-5(8)4-6(7)9;7-4-1-2-6(9)5(8)3-4/h2-4H,1H3;1-3,9H. The van der Waals surface area contributed by atoms with Crippen molar-refractivity contribution in [2.24, 2.45) is 0 Å². The number of thioether (sulfide) groups is 1. The summed E-state index contributed by atoms with van der Waals surface area (Å²) in [4.78, 5) is 1.81. The SMILES string of the molecule is CSc1ccc(Cl)cc1Cl.Sc1ccc(Cl)cc1Cl. The smallest absolute Gasteiger partial charge is 0.0556 e. The summed E-state index contributed by atoms with van der Waals surface area (Å²) in [6, 6.07) is 10.7. The Bertz CT molecular complexity index is 558. The van der Waals surface area contributed by atoms with Gasteiger partial charge in [-0.3, -0.25) is 0 Å². The molecule has 19 heavy (non-hydrogen) atoms. The molecule has 0 saturated heterocycles. The zero-order chi connectivity index (χ0) is 14.4. The molecule has 2 aromatic rings. The van der Waals surface area contributed by atoms with Crippen LogP contribution in [0.4, 0.5) is 0 Å². The maximum atomic E-state index is 5.82. The third-order valence-corrected chi connectivity index (χ3v) is 4.55. The van der Waals surface area contributed by atoms with E-state index in [2.05, 4.69) is 12.6 Å². The van der Waals surface area contributed by atoms with E-state index in [4.69, 9.17) is 46.4 Å². The molecule has 0 aliphatic carbocycles. The summed E-state index contributed by atoms with van der Waals surface area (Å²) < 4.78 is 0. The first-order valence-corrected chi connectivity index (χ1v) is 8.25. The van der Waals surface area contributed by atoms with Gasteiger partial charge in [-0.1, -0.05) is 46.4 Å². The van der Waals surface area contributed by atoms with Crippen LogP contribution in [0.15, 0.2) is 46.2 Å². The average molecular weight is 372 g/mol. The Hall–Kier alpha value is 0.300. The van der Waals surface area contributed by atoms with E-state index in [1.165, 1.54) is 0 Å². The second kappa shape index (κ2) is 8.56. The van der Waals surface area contributed by atoms with E-state index in [1.807, 2.05) is 18.4 Å². The van der Waals surface area contributed by atoms with Gasteiger partial charge in [0, 0.05) is 19.8 Å². The molecule has 0 aliphatic heterocycles. The molecule has 0 bridgehead atoms. The number of rotatable bonds is 1. The van der Waals surface area contributed by atoms with Crippen molar-refractivity contribution in [1.82, 2.24) is 0 Å². The zero-order valence-corrected chi connectivity index (χ0v) is 14.6. The summed E-state index contributed by atoms with van der Waals surface area (Å²) in [6.07, 6.45) is 1.98. The van der Waals surface area contributed by atoms with E-state index in [-0.39, 0.29) is 0 Å². The second-order valence-corrected chi connectivity index (χ2v) is 6.39. The topological polar surface area (TPSA) is 0 Å². The van der Waals surface area contributed by atoms with Gasteiger partial charge in [0.2, 0.25) is 0 Å². The summed E-state index contributed by atoms with van der Waals surface area (Å²) in [5.74, 6) is 0. The van der Waals surface area contributed by atoms with E-state index in [0.717, 1.165) is 14.8 Å². The summed E-state index contributed by atoms with van der Waals surface area (Å²) in [6.45, 7) is 0. The van der Waals surface area contributed by atoms with Crippen molar-refractivity contribution in [2.45, 2.75) is 9.79 Å². The first-order chi connectivity index (χ1) is 8.93. The highest BCUT2D eigenvalue weighted by molar-refractivity contribution is 7.98. The van der Waals surface area contributed by atoms with Crippen molar-refractivity contribution in [3.63, 3.8) is 0 Å². The van der Waals surface area contributed by atoms with Crippen molar-refractivity contribution in [1.29, 1.82) is 0 Å². The maximum Gasteiger partial charge on any atom is 0.0556 e. The highest BCUT2D eigenvalue weighted by Crippen LogP contribution is 2.27. The summed E-state index contributed by atoms with van der Waals surface area (Å²) in [5, 5.41) is 2.63. The second-order valence-electron chi connectivity index (χ2n) is 3.37. The predicted octanol–water partition coefficient (Wildman–Crippen LogP) is 7.00. The monoisotopic (exact) mass is 370 g/mol. The van der Waals surface area contributed by atoms with Crippen LogP contribution in [-0.4, -0.2) is 6.26 Å². The summed E-state index contributed by atoms with van der Waals surface area (Å²) >= 11 is 28.4. The zero-order valence-electron chi connectivity index (χ0n) is 9.83. The van der Waals surface area contributed by atoms with Gasteiger partial charge in [0.05, 0.1) is 10.0 Å². The van der Waals surface area contributed by atoms with Crippen molar-refractivity contribution < 1.29 is 0 Å². The Labute approximate surface area is 142 Å². The molecule has 0 amide bonds. The molecule has 2 rings (SSSR count). The molecule has 0 heterocycles. The van der Waals surface area contributed by atoms with E-state index in [1.54, 1.807) is 36.0 Å². The first-order valence-electron chi connectivity index (χ1n) is 5.07. The fraction of sp³-hybridized carbons (Fsp3) is 0.0769. The van der Waals surface area contributed by atoms with E-state index >= 15 is 0 Å². The Kier molecular flexibility index (Phi) is 7.81. The number of halogens is 4. The molecule has 0 radical (unpaired) electrons. The van der Waals surface area contributed by atoms with Gasteiger partial charge in [0.1, 0.15) is 0 Å². The number of benzene rings is 2. The molecule has 0 saturated carbocycles. The lowest BCUT2D eigenvalue weighted by molar-refractivity contribution is 1.47. The van der Waals surface area contributed by atoms with Crippen LogP contribution >= 0.6 is 70.8 Å². The molecule has 0 unspecified atom stereocenters. The molecule has 0 aromatic heterocycles. The molecule has 2 aromatic carbocycles. The van der Waals surface area contributed by atoms with Gasteiger partial charge in [-0.15, -0.1) is 24.4 Å². The highest BCUT2D eigenvalue weighted by atomic mass is 35.5. The quantitative estimate of drug-likeness (QED) is 0.416. The minimum absolute atomic E-state index is 0.589. The van der Waals surface area contributed by atoms with Crippen molar-refractivity contribution >= 4 is 70.8 Å². The van der Waals surface area contributed by atoms with Crippen LogP contribution in [0.3, 0.4) is 0 Å². The lowest BCUT2D eigenvalue weighted by atomic mass is 10.4. The lowest BCUT2D eigenvalue weighted by Crippen LogP contribution is -1.71. The van der Waals surface area contributed by atoms with Gasteiger partial charge in [0.15, 0.2) is 0 Å².